The molecule has 4 rings (SSSR count). The Hall–Kier alpha value is -7.59. The molecular weight excluding hydrogens is 901 g/mol. The predicted octanol–water partition coefficient (Wildman–Crippen LogP) is -0.314. The Morgan fingerprint density at radius 3 is 2.09 bits per heavy atom. The van der Waals surface area contributed by atoms with Crippen LogP contribution in [0.25, 0.3) is 11.1 Å². The van der Waals surface area contributed by atoms with Crippen molar-refractivity contribution in [2.45, 2.75) is 64.7 Å². The first-order valence-electron chi connectivity index (χ1n) is 21.9. The fourth-order valence-corrected chi connectivity index (χ4v) is 7.32. The average Bonchev–Trinajstić information content (AvgIpc) is 3.71. The third kappa shape index (κ3) is 17.2. The van der Waals surface area contributed by atoms with Crippen LogP contribution >= 0.6 is 0 Å². The van der Waals surface area contributed by atoms with E-state index in [1.807, 2.05) is 51.1 Å². The summed E-state index contributed by atoms with van der Waals surface area (Å²) in [5, 5.41) is 25.0. The molecule has 0 aliphatic heterocycles. The van der Waals surface area contributed by atoms with Crippen LogP contribution in [0.4, 0.5) is 8.78 Å². The van der Waals surface area contributed by atoms with Gasteiger partial charge in [0.15, 0.2) is 0 Å². The number of carbonyl (C=O) groups excluding carboxylic acids is 8. The maximum atomic E-state index is 15.3. The number of carbonyl (C=O) groups is 8. The number of nitrogens with two attached hydrogens (primary N) is 2. The van der Waals surface area contributed by atoms with Crippen molar-refractivity contribution in [1.29, 1.82) is 0 Å². The van der Waals surface area contributed by atoms with Gasteiger partial charge in [-0.3, -0.25) is 43.3 Å². The molecule has 3 atom stereocenters. The van der Waals surface area contributed by atoms with Gasteiger partial charge in [-0.15, -0.1) is 0 Å². The first kappa shape index (κ1) is 54.0. The van der Waals surface area contributed by atoms with E-state index in [1.165, 1.54) is 17.3 Å². The van der Waals surface area contributed by atoms with Crippen molar-refractivity contribution in [2.24, 2.45) is 16.9 Å². The highest BCUT2D eigenvalue weighted by molar-refractivity contribution is 5.96. The molecule has 69 heavy (non-hydrogen) atoms. The van der Waals surface area contributed by atoms with Crippen LogP contribution in [-0.4, -0.2) is 125 Å². The Morgan fingerprint density at radius 1 is 0.768 bits per heavy atom. The molecule has 0 fully saturated rings. The number of primary amides is 1. The van der Waals surface area contributed by atoms with Crippen molar-refractivity contribution in [1.82, 2.24) is 46.4 Å². The van der Waals surface area contributed by atoms with Gasteiger partial charge in [0.05, 0.1) is 38.5 Å². The number of amides is 8. The molecule has 0 saturated carbocycles. The molecule has 0 unspecified atom stereocenters. The summed E-state index contributed by atoms with van der Waals surface area (Å²) in [5.41, 5.74) is 12.1. The van der Waals surface area contributed by atoms with Crippen molar-refractivity contribution < 1.29 is 52.2 Å². The maximum absolute atomic E-state index is 15.3. The highest BCUT2D eigenvalue weighted by Crippen LogP contribution is 2.41. The quantitative estimate of drug-likeness (QED) is 0.0388. The molecule has 2 aromatic heterocycles. The number of hydrogen-bond donors (Lipinski definition) is 9. The molecular formula is C47H59F2N11O9. The molecule has 0 aliphatic rings. The molecule has 0 saturated heterocycles. The summed E-state index contributed by atoms with van der Waals surface area (Å²) in [4.78, 5) is 108. The number of halogens is 2. The second-order valence-electron chi connectivity index (χ2n) is 17.0. The van der Waals surface area contributed by atoms with Crippen LogP contribution in [0.15, 0.2) is 85.3 Å². The lowest BCUT2D eigenvalue weighted by Gasteiger charge is -2.41. The van der Waals surface area contributed by atoms with Crippen molar-refractivity contribution >= 4 is 47.3 Å². The molecule has 0 radical (unpaired) electrons. The fourth-order valence-electron chi connectivity index (χ4n) is 7.32. The Bertz CT molecular complexity index is 2430. The highest BCUT2D eigenvalue weighted by atomic mass is 19.1. The maximum Gasteiger partial charge on any atom is 0.248 e. The third-order valence-corrected chi connectivity index (χ3v) is 10.5. The zero-order valence-electron chi connectivity index (χ0n) is 38.6. The number of benzene rings is 2. The normalized spacial score (nSPS) is 12.4. The van der Waals surface area contributed by atoms with E-state index < -0.39 is 109 Å². The van der Waals surface area contributed by atoms with Gasteiger partial charge in [-0.2, -0.15) is 0 Å². The molecule has 370 valence electrons. The summed E-state index contributed by atoms with van der Waals surface area (Å²) < 4.78 is 31.6. The number of aliphatic hydroxyl groups is 1. The van der Waals surface area contributed by atoms with E-state index in [0.29, 0.717) is 16.8 Å². The van der Waals surface area contributed by atoms with Crippen LogP contribution in [0.3, 0.4) is 0 Å². The smallest absolute Gasteiger partial charge is 0.248 e. The molecule has 0 spiro atoms. The van der Waals surface area contributed by atoms with Crippen LogP contribution in [0.5, 0.6) is 0 Å². The van der Waals surface area contributed by atoms with E-state index in [0.717, 1.165) is 23.8 Å². The zero-order chi connectivity index (χ0) is 50.7. The molecule has 0 bridgehead atoms. The van der Waals surface area contributed by atoms with Crippen LogP contribution in [0.1, 0.15) is 56.5 Å². The van der Waals surface area contributed by atoms with Gasteiger partial charge in [-0.1, -0.05) is 51.1 Å². The van der Waals surface area contributed by atoms with Gasteiger partial charge in [-0.25, -0.2) is 8.78 Å². The summed E-state index contributed by atoms with van der Waals surface area (Å²) >= 11 is 0. The number of nitrogens with zero attached hydrogens (tertiary/aromatic N) is 3. The number of pyridine rings is 1. The van der Waals surface area contributed by atoms with E-state index in [1.54, 1.807) is 29.0 Å². The SMILES string of the molecule is CC(C)(C)[C@H](c1cc(-c2cc(F)ccc2F)cn1Cc1ccccc1)N(CC[C@H](NC(=O)[C@H](CC(N)=O)NC(=O)CNC(=O)CNC(=O)Cc1ccncc1)C(=O)NCCNC(=O)CN)C(=O)CO. The van der Waals surface area contributed by atoms with Gasteiger partial charge >= 0.3 is 0 Å². The minimum Gasteiger partial charge on any atom is -0.387 e. The van der Waals surface area contributed by atoms with Crippen LogP contribution in [0.2, 0.25) is 0 Å². The monoisotopic (exact) mass is 959 g/mol. The number of hydrogen-bond acceptors (Lipinski definition) is 11. The Balaban J connectivity index is 1.60. The third-order valence-electron chi connectivity index (χ3n) is 10.5. The van der Waals surface area contributed by atoms with E-state index in [-0.39, 0.29) is 51.1 Å². The van der Waals surface area contributed by atoms with Gasteiger partial charge in [0, 0.05) is 61.6 Å². The number of rotatable bonds is 25. The molecule has 8 amide bonds. The number of nitrogens with one attached hydrogen (secondary N) is 6. The van der Waals surface area contributed by atoms with E-state index in [9.17, 15) is 47.9 Å². The van der Waals surface area contributed by atoms with Gasteiger partial charge < -0.3 is 57.9 Å². The van der Waals surface area contributed by atoms with Crippen LogP contribution < -0.4 is 43.4 Å². The van der Waals surface area contributed by atoms with Crippen molar-refractivity contribution in [3.05, 3.63) is 114 Å². The molecule has 22 heteroatoms. The second-order valence-corrected chi connectivity index (χ2v) is 17.0. The van der Waals surface area contributed by atoms with Gasteiger partial charge in [0.1, 0.15) is 30.3 Å². The first-order chi connectivity index (χ1) is 32.8. The van der Waals surface area contributed by atoms with Crippen LogP contribution in [0, 0.1) is 17.0 Å². The van der Waals surface area contributed by atoms with E-state index >= 15 is 4.39 Å². The number of aliphatic hydroxyl groups excluding tert-OH is 1. The Labute approximate surface area is 397 Å². The van der Waals surface area contributed by atoms with E-state index in [4.69, 9.17) is 11.5 Å². The minimum atomic E-state index is -1.67. The second kappa shape index (κ2) is 26.1. The largest absolute Gasteiger partial charge is 0.387 e. The predicted molar refractivity (Wildman–Crippen MR) is 248 cm³/mol. The van der Waals surface area contributed by atoms with Gasteiger partial charge in [0.2, 0.25) is 47.3 Å². The lowest BCUT2D eigenvalue weighted by atomic mass is 9.82. The average molecular weight is 960 g/mol. The summed E-state index contributed by atoms with van der Waals surface area (Å²) in [5.74, 6) is -7.71. The Morgan fingerprint density at radius 2 is 1.43 bits per heavy atom. The highest BCUT2D eigenvalue weighted by Gasteiger charge is 2.38. The standard InChI is InChI=1S/C47H59F2N11O9/c1-47(2,3)44(37-20-31(33-21-32(48)9-10-34(33)49)27-59(37)26-30-7-5-4-6-8-30)60(43(67)28-61)18-13-35(45(68)54-17-16-53-40(64)23-50)58-46(69)36(22-38(51)62)57-42(66)25-56-41(65)24-55-39(63)19-29-11-14-52-15-12-29/h4-12,14-15,20-21,27,35-36,44,61H,13,16-19,22-26,28,50H2,1-3H3,(H2,51,62)(H,53,64)(H,54,68)(H,55,63)(H,56,65)(H,57,66)(H,58,69)/t35-,36-,44-/m0/s1. The molecule has 0 aliphatic carbocycles. The zero-order valence-corrected chi connectivity index (χ0v) is 38.6. The minimum absolute atomic E-state index is 0.0267. The molecule has 11 N–H and O–H groups in total. The summed E-state index contributed by atoms with van der Waals surface area (Å²) in [6.45, 7) is 2.70. The summed E-state index contributed by atoms with van der Waals surface area (Å²) in [6.07, 6.45) is 3.53. The van der Waals surface area contributed by atoms with Gasteiger partial charge in [-0.05, 0) is 59.4 Å². The van der Waals surface area contributed by atoms with Crippen LogP contribution in [-0.2, 0) is 51.3 Å². The molecule has 20 nitrogen and oxygen atoms in total. The summed E-state index contributed by atoms with van der Waals surface area (Å²) in [7, 11) is 0. The summed E-state index contributed by atoms with van der Waals surface area (Å²) in [6, 6.07) is 13.0. The van der Waals surface area contributed by atoms with Crippen molar-refractivity contribution in [2.75, 3.05) is 45.9 Å². The van der Waals surface area contributed by atoms with E-state index in [2.05, 4.69) is 36.9 Å². The molecule has 4 aromatic rings. The number of aromatic nitrogens is 2. The van der Waals surface area contributed by atoms with Gasteiger partial charge in [0.25, 0.3) is 0 Å². The topological polar surface area (TPSA) is 302 Å². The Kier molecular flexibility index (Phi) is 20.4. The lowest BCUT2D eigenvalue weighted by molar-refractivity contribution is -0.140. The molecule has 2 aromatic carbocycles. The first-order valence-corrected chi connectivity index (χ1v) is 21.9. The lowest BCUT2D eigenvalue weighted by Crippen LogP contribution is -2.57. The van der Waals surface area contributed by atoms with Crippen molar-refractivity contribution in [3.63, 3.8) is 0 Å². The van der Waals surface area contributed by atoms with Crippen molar-refractivity contribution in [3.8, 4) is 11.1 Å². The molecule has 2 heterocycles. The fraction of sp³-hybridized carbons (Fsp3) is 0.383.